The van der Waals surface area contributed by atoms with Crippen molar-refractivity contribution in [2.75, 3.05) is 16.2 Å². The van der Waals surface area contributed by atoms with E-state index in [1.54, 1.807) is 34.9 Å². The van der Waals surface area contributed by atoms with Crippen LogP contribution in [0.4, 0.5) is 11.4 Å². The van der Waals surface area contributed by atoms with Crippen molar-refractivity contribution in [2.45, 2.75) is 55.6 Å². The second-order valence-electron chi connectivity index (χ2n) is 6.95. The maximum absolute atomic E-state index is 13.1. The second kappa shape index (κ2) is 8.17. The number of para-hydroxylation sites is 1. The molecule has 0 aromatic heterocycles. The van der Waals surface area contributed by atoms with Gasteiger partial charge < -0.3 is 4.90 Å². The zero-order chi connectivity index (χ0) is 20.5. The molecule has 0 fully saturated rings. The van der Waals surface area contributed by atoms with Crippen LogP contribution in [-0.4, -0.2) is 26.1 Å². The molecule has 1 amide bonds. The quantitative estimate of drug-likeness (QED) is 0.779. The highest BCUT2D eigenvalue weighted by molar-refractivity contribution is 8.00. The fourth-order valence-corrected chi connectivity index (χ4v) is 5.71. The fourth-order valence-electron chi connectivity index (χ4n) is 3.45. The molecule has 1 N–H and O–H groups in total. The highest BCUT2D eigenvalue weighted by Gasteiger charge is 2.27. The average Bonchev–Trinajstić information content (AvgIpc) is 2.66. The largest absolute Gasteiger partial charge is 0.310 e. The lowest BCUT2D eigenvalue weighted by atomic mass is 10.0. The first kappa shape index (κ1) is 20.7. The molecule has 3 rings (SSSR count). The number of hydrogen-bond acceptors (Lipinski definition) is 4. The minimum atomic E-state index is -3.77. The number of rotatable bonds is 5. The van der Waals surface area contributed by atoms with Crippen molar-refractivity contribution < 1.29 is 13.2 Å². The molecule has 1 atom stereocenters. The van der Waals surface area contributed by atoms with Gasteiger partial charge in [-0.25, -0.2) is 8.42 Å². The van der Waals surface area contributed by atoms with Gasteiger partial charge in [0, 0.05) is 23.6 Å². The summed E-state index contributed by atoms with van der Waals surface area (Å²) < 4.78 is 29.1. The predicted octanol–water partition coefficient (Wildman–Crippen LogP) is 4.46. The van der Waals surface area contributed by atoms with E-state index >= 15 is 0 Å². The van der Waals surface area contributed by atoms with Gasteiger partial charge in [0.2, 0.25) is 5.91 Å². The molecular weight excluding hydrogens is 392 g/mol. The number of sulfonamides is 1. The number of nitrogens with one attached hydrogen (secondary N) is 1. The summed E-state index contributed by atoms with van der Waals surface area (Å²) >= 11 is 1.66. The van der Waals surface area contributed by atoms with Crippen LogP contribution >= 0.6 is 11.8 Å². The molecule has 0 bridgehead atoms. The zero-order valence-electron chi connectivity index (χ0n) is 16.7. The summed E-state index contributed by atoms with van der Waals surface area (Å²) in [5.74, 6) is -0.0829. The molecule has 28 heavy (non-hydrogen) atoms. The van der Waals surface area contributed by atoms with Crippen molar-refractivity contribution in [1.82, 2.24) is 0 Å². The summed E-state index contributed by atoms with van der Waals surface area (Å²) in [4.78, 5) is 14.8. The van der Waals surface area contributed by atoms with Gasteiger partial charge in [-0.3, -0.25) is 9.52 Å². The molecule has 5 nitrogen and oxygen atoms in total. The Kier molecular flexibility index (Phi) is 6.05. The standard InChI is InChI=1S/C21H26N2O3S2/c1-5-16-8-7-9-17(6-2)21(16)22-28(25,26)18-10-11-20-19(12-18)23(15(4)24)13-14(3)27-20/h7-12,14,22H,5-6,13H2,1-4H3/t14-/m1/s1. The minimum absolute atomic E-state index is 0.0829. The smallest absolute Gasteiger partial charge is 0.261 e. The van der Waals surface area contributed by atoms with E-state index in [4.69, 9.17) is 0 Å². The topological polar surface area (TPSA) is 66.5 Å². The van der Waals surface area contributed by atoms with Crippen molar-refractivity contribution in [3.63, 3.8) is 0 Å². The first-order chi connectivity index (χ1) is 13.3. The summed E-state index contributed by atoms with van der Waals surface area (Å²) in [7, 11) is -3.77. The molecule has 0 aliphatic carbocycles. The zero-order valence-corrected chi connectivity index (χ0v) is 18.3. The Bertz CT molecular complexity index is 980. The van der Waals surface area contributed by atoms with Crippen LogP contribution in [0.15, 0.2) is 46.2 Å². The molecule has 0 saturated carbocycles. The Morgan fingerprint density at radius 2 is 1.82 bits per heavy atom. The van der Waals surface area contributed by atoms with E-state index in [0.717, 1.165) is 28.9 Å². The number of fused-ring (bicyclic) bond motifs is 1. The molecule has 1 aliphatic heterocycles. The van der Waals surface area contributed by atoms with Crippen LogP contribution in [0.2, 0.25) is 0 Å². The van der Waals surface area contributed by atoms with Gasteiger partial charge in [0.1, 0.15) is 0 Å². The third-order valence-electron chi connectivity index (χ3n) is 4.91. The van der Waals surface area contributed by atoms with Crippen LogP contribution in [0.25, 0.3) is 0 Å². The highest BCUT2D eigenvalue weighted by Crippen LogP contribution is 2.40. The van der Waals surface area contributed by atoms with Gasteiger partial charge in [-0.1, -0.05) is 39.0 Å². The molecular formula is C21H26N2O3S2. The number of hydrogen-bond donors (Lipinski definition) is 1. The van der Waals surface area contributed by atoms with Gasteiger partial charge >= 0.3 is 0 Å². The van der Waals surface area contributed by atoms with E-state index in [1.165, 1.54) is 6.92 Å². The molecule has 0 saturated heterocycles. The predicted molar refractivity (Wildman–Crippen MR) is 116 cm³/mol. The summed E-state index contributed by atoms with van der Waals surface area (Å²) in [6.45, 7) is 8.16. The van der Waals surface area contributed by atoms with E-state index in [-0.39, 0.29) is 16.1 Å². The third kappa shape index (κ3) is 4.05. The van der Waals surface area contributed by atoms with E-state index in [2.05, 4.69) is 11.6 Å². The van der Waals surface area contributed by atoms with Gasteiger partial charge in [0.15, 0.2) is 0 Å². The minimum Gasteiger partial charge on any atom is -0.310 e. The number of aryl methyl sites for hydroxylation is 2. The summed E-state index contributed by atoms with van der Waals surface area (Å²) in [5, 5.41) is 0.264. The number of nitrogens with zero attached hydrogens (tertiary/aromatic N) is 1. The van der Waals surface area contributed by atoms with E-state index in [9.17, 15) is 13.2 Å². The van der Waals surface area contributed by atoms with Crippen LogP contribution in [0.5, 0.6) is 0 Å². The van der Waals surface area contributed by atoms with Gasteiger partial charge in [0.25, 0.3) is 10.0 Å². The SMILES string of the molecule is CCc1cccc(CC)c1NS(=O)(=O)c1ccc2c(c1)N(C(C)=O)C[C@@H](C)S2. The van der Waals surface area contributed by atoms with Crippen LogP contribution < -0.4 is 9.62 Å². The highest BCUT2D eigenvalue weighted by atomic mass is 32.2. The van der Waals surface area contributed by atoms with Crippen molar-refractivity contribution in [2.24, 2.45) is 0 Å². The number of thioether (sulfide) groups is 1. The monoisotopic (exact) mass is 418 g/mol. The van der Waals surface area contributed by atoms with Gasteiger partial charge in [0.05, 0.1) is 16.3 Å². The molecule has 1 aliphatic rings. The number of amides is 1. The lowest BCUT2D eigenvalue weighted by Gasteiger charge is -2.32. The molecule has 150 valence electrons. The number of anilines is 2. The maximum atomic E-state index is 13.1. The van der Waals surface area contributed by atoms with Crippen LogP contribution in [0, 0.1) is 0 Å². The maximum Gasteiger partial charge on any atom is 0.261 e. The number of benzene rings is 2. The normalized spacial score (nSPS) is 16.6. The first-order valence-corrected chi connectivity index (χ1v) is 11.9. The second-order valence-corrected chi connectivity index (χ2v) is 10.1. The Morgan fingerprint density at radius 3 is 2.39 bits per heavy atom. The lowest BCUT2D eigenvalue weighted by Crippen LogP contribution is -2.37. The van der Waals surface area contributed by atoms with E-state index in [1.807, 2.05) is 32.0 Å². The Morgan fingerprint density at radius 1 is 1.18 bits per heavy atom. The van der Waals surface area contributed by atoms with E-state index in [0.29, 0.717) is 17.9 Å². The van der Waals surface area contributed by atoms with Crippen molar-refractivity contribution in [3.05, 3.63) is 47.5 Å². The average molecular weight is 419 g/mol. The van der Waals surface area contributed by atoms with Crippen LogP contribution in [-0.2, 0) is 27.7 Å². The fraction of sp³-hybridized carbons (Fsp3) is 0.381. The van der Waals surface area contributed by atoms with Crippen molar-refractivity contribution >= 4 is 39.1 Å². The first-order valence-electron chi connectivity index (χ1n) is 9.49. The molecule has 0 radical (unpaired) electrons. The van der Waals surface area contributed by atoms with Crippen LogP contribution in [0.1, 0.15) is 38.8 Å². The molecule has 2 aromatic carbocycles. The summed E-state index contributed by atoms with van der Waals surface area (Å²) in [5.41, 5.74) is 3.26. The van der Waals surface area contributed by atoms with Crippen LogP contribution in [0.3, 0.4) is 0 Å². The van der Waals surface area contributed by atoms with Gasteiger partial charge in [-0.15, -0.1) is 11.8 Å². The Labute approximate surface area is 171 Å². The third-order valence-corrected chi connectivity index (χ3v) is 7.41. The van der Waals surface area contributed by atoms with Gasteiger partial charge in [-0.05, 0) is 42.2 Å². The molecule has 2 aromatic rings. The molecule has 0 spiro atoms. The lowest BCUT2D eigenvalue weighted by molar-refractivity contribution is -0.116. The summed E-state index contributed by atoms with van der Waals surface area (Å²) in [6.07, 6.45) is 1.48. The van der Waals surface area contributed by atoms with Crippen molar-refractivity contribution in [1.29, 1.82) is 0 Å². The molecule has 7 heteroatoms. The number of carbonyl (C=O) groups excluding carboxylic acids is 1. The molecule has 0 unspecified atom stereocenters. The van der Waals surface area contributed by atoms with Gasteiger partial charge in [-0.2, -0.15) is 0 Å². The van der Waals surface area contributed by atoms with E-state index < -0.39 is 10.0 Å². The number of carbonyl (C=O) groups is 1. The molecule has 1 heterocycles. The summed E-state index contributed by atoms with van der Waals surface area (Å²) in [6, 6.07) is 10.9. The Hall–Kier alpha value is -1.99. The Balaban J connectivity index is 2.03. The van der Waals surface area contributed by atoms with Crippen molar-refractivity contribution in [3.8, 4) is 0 Å².